The Bertz CT molecular complexity index is 373. The van der Waals surface area contributed by atoms with Crippen molar-refractivity contribution in [3.8, 4) is 12.3 Å². The largest absolute Gasteiger partial charge is 0.315 e. The molecule has 1 heteroatoms. The summed E-state index contributed by atoms with van der Waals surface area (Å²) >= 11 is 0. The van der Waals surface area contributed by atoms with Crippen LogP contribution in [0.25, 0.3) is 0 Å². The van der Waals surface area contributed by atoms with Crippen LogP contribution in [0.15, 0.2) is 0 Å². The molecule has 0 radical (unpaired) electrons. The number of nitrogens with one attached hydrogen (secondary N) is 1. The lowest BCUT2D eigenvalue weighted by Gasteiger charge is -2.67. The number of rotatable bonds is 3. The van der Waals surface area contributed by atoms with Crippen molar-refractivity contribution in [2.75, 3.05) is 7.05 Å². The molecule has 0 spiro atoms. The minimum absolute atomic E-state index is 0.490. The normalized spacial score (nSPS) is 51.1. The van der Waals surface area contributed by atoms with Gasteiger partial charge in [0.15, 0.2) is 0 Å². The molecule has 0 aromatic rings. The smallest absolute Gasteiger partial charge is 0.0246 e. The van der Waals surface area contributed by atoms with E-state index in [1.807, 2.05) is 0 Å². The van der Waals surface area contributed by atoms with Gasteiger partial charge in [0.25, 0.3) is 0 Å². The van der Waals surface area contributed by atoms with Gasteiger partial charge in [0, 0.05) is 12.5 Å². The summed E-state index contributed by atoms with van der Waals surface area (Å²) in [6.07, 6.45) is 15.1. The van der Waals surface area contributed by atoms with Gasteiger partial charge in [-0.2, -0.15) is 0 Å². The predicted molar refractivity (Wildman–Crippen MR) is 76.1 cm³/mol. The van der Waals surface area contributed by atoms with Gasteiger partial charge in [0.1, 0.15) is 0 Å². The number of hydrogen-bond acceptors (Lipinski definition) is 1. The van der Waals surface area contributed by atoms with E-state index in [1.165, 1.54) is 38.5 Å². The Labute approximate surface area is 112 Å². The van der Waals surface area contributed by atoms with Crippen molar-refractivity contribution in [1.82, 2.24) is 5.32 Å². The average molecular weight is 245 g/mol. The molecule has 0 saturated heterocycles. The van der Waals surface area contributed by atoms with Crippen molar-refractivity contribution in [3.63, 3.8) is 0 Å². The molecule has 18 heavy (non-hydrogen) atoms. The second-order valence-electron chi connectivity index (χ2n) is 8.24. The molecule has 4 saturated carbocycles. The first-order valence-corrected chi connectivity index (χ1v) is 7.53. The highest BCUT2D eigenvalue weighted by Crippen LogP contribution is 2.70. The Balaban J connectivity index is 1.95. The van der Waals surface area contributed by atoms with Crippen molar-refractivity contribution in [1.29, 1.82) is 0 Å². The van der Waals surface area contributed by atoms with E-state index in [9.17, 15) is 0 Å². The van der Waals surface area contributed by atoms with Crippen molar-refractivity contribution < 1.29 is 0 Å². The highest BCUT2D eigenvalue weighted by molar-refractivity contribution is 5.14. The molecule has 4 fully saturated rings. The topological polar surface area (TPSA) is 12.0 Å². The lowest BCUT2D eigenvalue weighted by molar-refractivity contribution is -0.156. The van der Waals surface area contributed by atoms with Crippen LogP contribution in [0.1, 0.15) is 58.8 Å². The molecule has 1 nitrogen and oxygen atoms in total. The molecule has 4 rings (SSSR count). The third-order valence-corrected chi connectivity index (χ3v) is 6.08. The number of hydrogen-bond donors (Lipinski definition) is 1. The summed E-state index contributed by atoms with van der Waals surface area (Å²) in [5.74, 6) is 3.87. The van der Waals surface area contributed by atoms with Crippen molar-refractivity contribution in [2.24, 2.45) is 22.2 Å². The van der Waals surface area contributed by atoms with E-state index in [-0.39, 0.29) is 0 Å². The van der Waals surface area contributed by atoms with E-state index < -0.39 is 0 Å². The second-order valence-corrected chi connectivity index (χ2v) is 8.24. The zero-order valence-electron chi connectivity index (χ0n) is 12.2. The first kappa shape index (κ1) is 12.5. The monoisotopic (exact) mass is 245 g/mol. The summed E-state index contributed by atoms with van der Waals surface area (Å²) in [6.45, 7) is 5.07. The molecule has 0 aromatic carbocycles. The van der Waals surface area contributed by atoms with Gasteiger partial charge in [-0.15, -0.1) is 12.3 Å². The average Bonchev–Trinajstić information content (AvgIpc) is 2.20. The molecule has 0 aromatic heterocycles. The van der Waals surface area contributed by atoms with Crippen LogP contribution in [-0.2, 0) is 0 Å². The van der Waals surface area contributed by atoms with Gasteiger partial charge in [-0.05, 0) is 67.7 Å². The third kappa shape index (κ3) is 1.73. The summed E-state index contributed by atoms with van der Waals surface area (Å²) in [4.78, 5) is 0. The van der Waals surface area contributed by atoms with Crippen LogP contribution in [0.4, 0.5) is 0 Å². The number of terminal acetylenes is 1. The Morgan fingerprint density at radius 3 is 2.22 bits per heavy atom. The van der Waals surface area contributed by atoms with Crippen LogP contribution in [0, 0.1) is 34.5 Å². The Kier molecular flexibility index (Phi) is 2.62. The minimum atomic E-state index is 0.490. The molecule has 0 amide bonds. The van der Waals surface area contributed by atoms with Crippen LogP contribution >= 0.6 is 0 Å². The fraction of sp³-hybridized carbons (Fsp3) is 0.882. The van der Waals surface area contributed by atoms with Crippen molar-refractivity contribution in [2.45, 2.75) is 64.8 Å². The van der Waals surface area contributed by atoms with E-state index in [0.29, 0.717) is 22.3 Å². The predicted octanol–water partition coefficient (Wildman–Crippen LogP) is 3.59. The van der Waals surface area contributed by atoms with E-state index in [2.05, 4.69) is 32.1 Å². The van der Waals surface area contributed by atoms with Gasteiger partial charge >= 0.3 is 0 Å². The molecule has 3 unspecified atom stereocenters. The lowest BCUT2D eigenvalue weighted by Crippen LogP contribution is -2.61. The molecular formula is C17H27N. The summed E-state index contributed by atoms with van der Waals surface area (Å²) in [5, 5.41) is 3.55. The van der Waals surface area contributed by atoms with Crippen LogP contribution in [0.5, 0.6) is 0 Å². The first-order valence-electron chi connectivity index (χ1n) is 7.53. The molecule has 0 aliphatic heterocycles. The van der Waals surface area contributed by atoms with E-state index in [0.717, 1.165) is 12.3 Å². The molecule has 100 valence electrons. The van der Waals surface area contributed by atoms with Crippen molar-refractivity contribution in [3.05, 3.63) is 0 Å². The molecule has 4 aliphatic rings. The summed E-state index contributed by atoms with van der Waals surface area (Å²) in [5.41, 5.74) is 1.68. The highest BCUT2D eigenvalue weighted by Gasteiger charge is 2.61. The van der Waals surface area contributed by atoms with Crippen LogP contribution < -0.4 is 5.32 Å². The first-order chi connectivity index (χ1) is 8.43. The molecule has 0 heterocycles. The van der Waals surface area contributed by atoms with Crippen LogP contribution in [-0.4, -0.2) is 13.1 Å². The lowest BCUT2D eigenvalue weighted by atomic mass is 9.39. The van der Waals surface area contributed by atoms with Gasteiger partial charge in [-0.3, -0.25) is 0 Å². The van der Waals surface area contributed by atoms with Gasteiger partial charge in [0.05, 0.1) is 0 Å². The summed E-state index contributed by atoms with van der Waals surface area (Å²) in [6, 6.07) is 0.532. The van der Waals surface area contributed by atoms with Gasteiger partial charge in [0.2, 0.25) is 0 Å². The van der Waals surface area contributed by atoms with E-state index in [4.69, 9.17) is 6.42 Å². The van der Waals surface area contributed by atoms with Gasteiger partial charge in [-0.25, -0.2) is 0 Å². The third-order valence-electron chi connectivity index (χ3n) is 6.08. The Morgan fingerprint density at radius 2 is 1.78 bits per heavy atom. The van der Waals surface area contributed by atoms with Gasteiger partial charge in [-0.1, -0.05) is 13.8 Å². The Hall–Kier alpha value is -0.480. The minimum Gasteiger partial charge on any atom is -0.315 e. The maximum Gasteiger partial charge on any atom is 0.0246 e. The fourth-order valence-electron chi connectivity index (χ4n) is 6.67. The van der Waals surface area contributed by atoms with E-state index >= 15 is 0 Å². The molecule has 4 aliphatic carbocycles. The zero-order valence-corrected chi connectivity index (χ0v) is 12.2. The molecule has 1 N–H and O–H groups in total. The van der Waals surface area contributed by atoms with Gasteiger partial charge < -0.3 is 5.32 Å². The SMILES string of the molecule is C#CCC(NC)C12CC3CC(C)(CC(C)(C3)C1)C2. The quantitative estimate of drug-likeness (QED) is 0.749. The Morgan fingerprint density at radius 1 is 1.17 bits per heavy atom. The maximum absolute atomic E-state index is 5.60. The van der Waals surface area contributed by atoms with Crippen LogP contribution in [0.3, 0.4) is 0 Å². The fourth-order valence-corrected chi connectivity index (χ4v) is 6.67. The molecule has 4 bridgehead atoms. The van der Waals surface area contributed by atoms with E-state index in [1.54, 1.807) is 0 Å². The zero-order chi connectivity index (χ0) is 13.0. The summed E-state index contributed by atoms with van der Waals surface area (Å²) < 4.78 is 0. The maximum atomic E-state index is 5.60. The molecule has 3 atom stereocenters. The highest BCUT2D eigenvalue weighted by atomic mass is 14.9. The molecular weight excluding hydrogens is 218 g/mol. The standard InChI is InChI=1S/C17H27N/c1-5-6-14(18-4)17-9-13-7-15(2,11-17)10-16(3,8-13)12-17/h1,13-14,18H,6-12H2,2-4H3. The van der Waals surface area contributed by atoms with Crippen LogP contribution in [0.2, 0.25) is 0 Å². The second kappa shape index (κ2) is 3.76. The van der Waals surface area contributed by atoms with Crippen molar-refractivity contribution >= 4 is 0 Å². The summed E-state index contributed by atoms with van der Waals surface area (Å²) in [7, 11) is 2.10.